The highest BCUT2D eigenvalue weighted by atomic mass is 16.6. The quantitative estimate of drug-likeness (QED) is 0.736. The molecule has 1 heterocycles. The van der Waals surface area contributed by atoms with E-state index in [-0.39, 0.29) is 5.91 Å². The second kappa shape index (κ2) is 6.69. The molecule has 1 amide bonds. The van der Waals surface area contributed by atoms with Crippen LogP contribution in [-0.2, 0) is 11.4 Å². The minimum absolute atomic E-state index is 0.275. The molecule has 110 valence electrons. The topological polar surface area (TPSA) is 56.1 Å². The first-order valence-electron chi connectivity index (χ1n) is 6.89. The summed E-state index contributed by atoms with van der Waals surface area (Å²) in [5.41, 5.74) is 4.86. The van der Waals surface area contributed by atoms with Gasteiger partial charge >= 0.3 is 0 Å². The number of nitrogens with one attached hydrogen (secondary N) is 1. The molecule has 22 heavy (non-hydrogen) atoms. The predicted molar refractivity (Wildman–Crippen MR) is 82.3 cm³/mol. The maximum absolute atomic E-state index is 12.0. The number of carbonyl (C=O) groups excluding carboxylic acids is 1. The molecule has 0 radical (unpaired) electrons. The van der Waals surface area contributed by atoms with Crippen LogP contribution in [0, 0.1) is 0 Å². The first-order chi connectivity index (χ1) is 10.8. The Kier molecular flexibility index (Phi) is 4.27. The van der Waals surface area contributed by atoms with E-state index in [1.54, 1.807) is 23.0 Å². The van der Waals surface area contributed by atoms with Crippen molar-refractivity contribution in [1.29, 1.82) is 0 Å². The molecule has 5 heteroatoms. The van der Waals surface area contributed by atoms with Gasteiger partial charge in [-0.2, -0.15) is 5.10 Å². The Hall–Kier alpha value is -2.92. The zero-order valence-corrected chi connectivity index (χ0v) is 11.8. The van der Waals surface area contributed by atoms with Gasteiger partial charge in [0.05, 0.1) is 12.3 Å². The van der Waals surface area contributed by atoms with Gasteiger partial charge in [-0.15, -0.1) is 0 Å². The second-order valence-corrected chi connectivity index (χ2v) is 4.70. The summed E-state index contributed by atoms with van der Waals surface area (Å²) >= 11 is 0. The molecule has 0 atom stereocenters. The van der Waals surface area contributed by atoms with E-state index in [0.29, 0.717) is 12.2 Å². The van der Waals surface area contributed by atoms with E-state index in [0.717, 1.165) is 11.3 Å². The van der Waals surface area contributed by atoms with Crippen molar-refractivity contribution in [2.45, 2.75) is 6.61 Å². The van der Waals surface area contributed by atoms with Crippen molar-refractivity contribution in [2.24, 2.45) is 0 Å². The van der Waals surface area contributed by atoms with Crippen molar-refractivity contribution in [3.05, 3.63) is 84.2 Å². The molecular formula is C17H15N3O2. The number of amides is 1. The van der Waals surface area contributed by atoms with Crippen LogP contribution in [0.15, 0.2) is 73.1 Å². The average Bonchev–Trinajstić information content (AvgIpc) is 3.10. The van der Waals surface area contributed by atoms with E-state index in [9.17, 15) is 4.79 Å². The first kappa shape index (κ1) is 14.0. The van der Waals surface area contributed by atoms with Gasteiger partial charge < -0.3 is 0 Å². The van der Waals surface area contributed by atoms with E-state index < -0.39 is 0 Å². The molecule has 0 spiro atoms. The van der Waals surface area contributed by atoms with Gasteiger partial charge in [0.1, 0.15) is 0 Å². The lowest BCUT2D eigenvalue weighted by Gasteiger charge is -2.07. The van der Waals surface area contributed by atoms with Crippen molar-refractivity contribution in [2.75, 3.05) is 0 Å². The van der Waals surface area contributed by atoms with Crippen LogP contribution in [-0.4, -0.2) is 15.7 Å². The van der Waals surface area contributed by atoms with Crippen LogP contribution in [0.25, 0.3) is 5.69 Å². The van der Waals surface area contributed by atoms with Gasteiger partial charge in [0.25, 0.3) is 5.91 Å². The van der Waals surface area contributed by atoms with Crippen molar-refractivity contribution in [3.8, 4) is 5.69 Å². The molecule has 0 aliphatic heterocycles. The minimum Gasteiger partial charge on any atom is -0.269 e. The van der Waals surface area contributed by atoms with Crippen LogP contribution in [0.1, 0.15) is 15.9 Å². The Morgan fingerprint density at radius 2 is 1.82 bits per heavy atom. The molecule has 0 fully saturated rings. The summed E-state index contributed by atoms with van der Waals surface area (Å²) < 4.78 is 1.73. The van der Waals surface area contributed by atoms with E-state index >= 15 is 0 Å². The summed E-state index contributed by atoms with van der Waals surface area (Å²) in [4.78, 5) is 17.2. The molecule has 0 aliphatic carbocycles. The molecule has 0 unspecified atom stereocenters. The third-order valence-corrected chi connectivity index (χ3v) is 3.14. The third-order valence-electron chi connectivity index (χ3n) is 3.14. The number of benzene rings is 2. The highest BCUT2D eigenvalue weighted by Gasteiger charge is 2.06. The van der Waals surface area contributed by atoms with Crippen LogP contribution in [0.4, 0.5) is 0 Å². The van der Waals surface area contributed by atoms with Crippen LogP contribution in [0.3, 0.4) is 0 Å². The van der Waals surface area contributed by atoms with Gasteiger partial charge in [-0.3, -0.25) is 9.63 Å². The number of nitrogens with zero attached hydrogens (tertiary/aromatic N) is 2. The highest BCUT2D eigenvalue weighted by molar-refractivity contribution is 5.93. The van der Waals surface area contributed by atoms with Crippen LogP contribution >= 0.6 is 0 Å². The predicted octanol–water partition coefficient (Wildman–Crippen LogP) is 2.73. The molecular weight excluding hydrogens is 278 g/mol. The monoisotopic (exact) mass is 293 g/mol. The molecule has 1 N–H and O–H groups in total. The van der Waals surface area contributed by atoms with E-state index in [1.807, 2.05) is 54.7 Å². The van der Waals surface area contributed by atoms with Gasteiger partial charge in [0.15, 0.2) is 0 Å². The number of hydrogen-bond donors (Lipinski definition) is 1. The van der Waals surface area contributed by atoms with Crippen LogP contribution in [0.5, 0.6) is 0 Å². The van der Waals surface area contributed by atoms with E-state index in [2.05, 4.69) is 10.6 Å². The lowest BCUT2D eigenvalue weighted by Crippen LogP contribution is -2.23. The summed E-state index contributed by atoms with van der Waals surface area (Å²) in [6.07, 6.45) is 3.55. The molecule has 3 aromatic rings. The first-order valence-corrected chi connectivity index (χ1v) is 6.89. The van der Waals surface area contributed by atoms with E-state index in [1.165, 1.54) is 0 Å². The SMILES string of the molecule is O=C(NOCc1ccccc1)c1ccc(-n2cccn2)cc1. The van der Waals surface area contributed by atoms with Crippen molar-refractivity contribution in [1.82, 2.24) is 15.3 Å². The number of hydrogen-bond acceptors (Lipinski definition) is 3. The smallest absolute Gasteiger partial charge is 0.269 e. The lowest BCUT2D eigenvalue weighted by atomic mass is 10.2. The molecule has 1 aromatic heterocycles. The molecule has 5 nitrogen and oxygen atoms in total. The van der Waals surface area contributed by atoms with Crippen LogP contribution in [0.2, 0.25) is 0 Å². The Balaban J connectivity index is 1.56. The Morgan fingerprint density at radius 3 is 2.50 bits per heavy atom. The Labute approximate surface area is 128 Å². The molecule has 0 saturated carbocycles. The zero-order valence-electron chi connectivity index (χ0n) is 11.8. The fourth-order valence-electron chi connectivity index (χ4n) is 2.01. The number of hydroxylamine groups is 1. The maximum atomic E-state index is 12.0. The normalized spacial score (nSPS) is 10.4. The van der Waals surface area contributed by atoms with Gasteiger partial charge in [0, 0.05) is 18.0 Å². The molecule has 0 saturated heterocycles. The summed E-state index contributed by atoms with van der Waals surface area (Å²) in [7, 11) is 0. The zero-order chi connectivity index (χ0) is 15.2. The molecule has 0 aliphatic rings. The lowest BCUT2D eigenvalue weighted by molar-refractivity contribution is 0.0233. The highest BCUT2D eigenvalue weighted by Crippen LogP contribution is 2.08. The van der Waals surface area contributed by atoms with Crippen molar-refractivity contribution < 1.29 is 9.63 Å². The summed E-state index contributed by atoms with van der Waals surface area (Å²) in [6, 6.07) is 18.6. The fraction of sp³-hybridized carbons (Fsp3) is 0.0588. The maximum Gasteiger partial charge on any atom is 0.274 e. The summed E-state index contributed by atoms with van der Waals surface area (Å²) in [6.45, 7) is 0.331. The van der Waals surface area contributed by atoms with Gasteiger partial charge in [-0.05, 0) is 35.9 Å². The fourth-order valence-corrected chi connectivity index (χ4v) is 2.01. The van der Waals surface area contributed by atoms with Crippen molar-refractivity contribution >= 4 is 5.91 Å². The van der Waals surface area contributed by atoms with Gasteiger partial charge in [-0.1, -0.05) is 30.3 Å². The largest absolute Gasteiger partial charge is 0.274 e. The van der Waals surface area contributed by atoms with Crippen LogP contribution < -0.4 is 5.48 Å². The van der Waals surface area contributed by atoms with Gasteiger partial charge in [-0.25, -0.2) is 10.2 Å². The second-order valence-electron chi connectivity index (χ2n) is 4.70. The molecule has 3 rings (SSSR count). The Bertz CT molecular complexity index is 722. The van der Waals surface area contributed by atoms with Gasteiger partial charge in [0.2, 0.25) is 0 Å². The average molecular weight is 293 g/mol. The summed E-state index contributed by atoms with van der Waals surface area (Å²) in [5.74, 6) is -0.275. The summed E-state index contributed by atoms with van der Waals surface area (Å²) in [5, 5.41) is 4.14. The molecule has 2 aromatic carbocycles. The van der Waals surface area contributed by atoms with Crippen molar-refractivity contribution in [3.63, 3.8) is 0 Å². The van der Waals surface area contributed by atoms with E-state index in [4.69, 9.17) is 4.84 Å². The standard InChI is InChI=1S/C17H15N3O2/c21-17(19-22-13-14-5-2-1-3-6-14)15-7-9-16(10-8-15)20-12-4-11-18-20/h1-12H,13H2,(H,19,21). The number of aromatic nitrogens is 2. The number of carbonyl (C=O) groups is 1. The number of rotatable bonds is 5. The third kappa shape index (κ3) is 3.39. The molecule has 0 bridgehead atoms. The minimum atomic E-state index is -0.275. The Morgan fingerprint density at radius 1 is 1.05 bits per heavy atom.